The molecular weight excluding hydrogens is 308 g/mol. The molecule has 0 spiro atoms. The van der Waals surface area contributed by atoms with Gasteiger partial charge in [0, 0.05) is 24.4 Å². The van der Waals surface area contributed by atoms with Gasteiger partial charge in [-0.05, 0) is 44.2 Å². The third-order valence-corrected chi connectivity index (χ3v) is 4.83. The minimum absolute atomic E-state index is 0.0682. The Morgan fingerprint density at radius 3 is 2.88 bits per heavy atom. The van der Waals surface area contributed by atoms with Gasteiger partial charge in [-0.1, -0.05) is 6.42 Å². The van der Waals surface area contributed by atoms with Crippen molar-refractivity contribution in [3.63, 3.8) is 0 Å². The summed E-state index contributed by atoms with van der Waals surface area (Å²) in [7, 11) is 0. The van der Waals surface area contributed by atoms with Crippen LogP contribution in [-0.4, -0.2) is 42.9 Å². The molecule has 1 aromatic rings. The lowest BCUT2D eigenvalue weighted by molar-refractivity contribution is -0.118. The number of hydrogen-bond donors (Lipinski definition) is 3. The maximum absolute atomic E-state index is 12.4. The predicted octanol–water partition coefficient (Wildman–Crippen LogP) is 1.93. The molecule has 6 heteroatoms. The smallest absolute Gasteiger partial charge is 0.241 e. The summed E-state index contributed by atoms with van der Waals surface area (Å²) in [6.45, 7) is 3.16. The van der Waals surface area contributed by atoms with Gasteiger partial charge < -0.3 is 25.2 Å². The third kappa shape index (κ3) is 3.99. The number of anilines is 1. The molecule has 0 saturated heterocycles. The first kappa shape index (κ1) is 17.0. The van der Waals surface area contributed by atoms with Crippen LogP contribution >= 0.6 is 0 Å². The maximum Gasteiger partial charge on any atom is 0.241 e. The molecule has 3 N–H and O–H groups in total. The van der Waals surface area contributed by atoms with E-state index in [1.807, 2.05) is 19.1 Å². The van der Waals surface area contributed by atoms with Crippen molar-refractivity contribution in [2.45, 2.75) is 44.7 Å². The fraction of sp³-hybridized carbons (Fsp3) is 0.611. The van der Waals surface area contributed by atoms with Gasteiger partial charge in [-0.25, -0.2) is 0 Å². The second-order valence-corrected chi connectivity index (χ2v) is 6.55. The minimum atomic E-state index is -0.289. The molecule has 0 aromatic heterocycles. The number of aliphatic hydroxyl groups excluding tert-OH is 1. The molecule has 1 fully saturated rings. The summed E-state index contributed by atoms with van der Waals surface area (Å²) in [5.41, 5.74) is 0.705. The number of carbonyl (C=O) groups excluding carboxylic acids is 1. The lowest BCUT2D eigenvalue weighted by atomic mass is 9.99. The Labute approximate surface area is 142 Å². The first-order chi connectivity index (χ1) is 11.7. The van der Waals surface area contributed by atoms with Crippen molar-refractivity contribution in [2.75, 3.05) is 25.1 Å². The Morgan fingerprint density at radius 2 is 2.08 bits per heavy atom. The van der Waals surface area contributed by atoms with Gasteiger partial charge in [-0.3, -0.25) is 4.79 Å². The highest BCUT2D eigenvalue weighted by Gasteiger charge is 2.29. The number of rotatable bonds is 6. The summed E-state index contributed by atoms with van der Waals surface area (Å²) < 4.78 is 11.0. The van der Waals surface area contributed by atoms with Crippen LogP contribution in [0.2, 0.25) is 0 Å². The summed E-state index contributed by atoms with van der Waals surface area (Å²) >= 11 is 0. The van der Waals surface area contributed by atoms with E-state index in [9.17, 15) is 4.79 Å². The first-order valence-corrected chi connectivity index (χ1v) is 8.75. The highest BCUT2D eigenvalue weighted by atomic mass is 16.6. The molecule has 2 aliphatic rings. The summed E-state index contributed by atoms with van der Waals surface area (Å²) in [6.07, 6.45) is 4.13. The van der Waals surface area contributed by atoms with Crippen LogP contribution in [0.15, 0.2) is 18.2 Å². The zero-order valence-electron chi connectivity index (χ0n) is 14.1. The lowest BCUT2D eigenvalue weighted by Gasteiger charge is -2.24. The van der Waals surface area contributed by atoms with Crippen molar-refractivity contribution in [2.24, 2.45) is 5.92 Å². The molecule has 0 bridgehead atoms. The lowest BCUT2D eigenvalue weighted by Crippen LogP contribution is -2.45. The quantitative estimate of drug-likeness (QED) is 0.741. The Kier molecular flexibility index (Phi) is 5.58. The molecule has 0 radical (unpaired) electrons. The van der Waals surface area contributed by atoms with Gasteiger partial charge in [-0.15, -0.1) is 0 Å². The fourth-order valence-corrected chi connectivity index (χ4v) is 3.54. The van der Waals surface area contributed by atoms with Crippen molar-refractivity contribution >= 4 is 11.6 Å². The normalized spacial score (nSPS) is 23.8. The number of aliphatic hydroxyl groups is 1. The molecule has 1 amide bonds. The van der Waals surface area contributed by atoms with E-state index in [1.54, 1.807) is 6.07 Å². The Bertz CT molecular complexity index is 578. The van der Waals surface area contributed by atoms with E-state index < -0.39 is 0 Å². The molecule has 24 heavy (non-hydrogen) atoms. The van der Waals surface area contributed by atoms with Crippen molar-refractivity contribution in [3.05, 3.63) is 18.2 Å². The molecule has 3 rings (SSSR count). The average molecular weight is 334 g/mol. The standard InChI is InChI=1S/C18H26N2O4/c1-12(19-15-4-2-3-13(15)7-8-21)18(22)20-14-5-6-16-17(11-14)24-10-9-23-16/h5-6,11-13,15,19,21H,2-4,7-10H2,1H3,(H,20,22). The highest BCUT2D eigenvalue weighted by Crippen LogP contribution is 2.32. The van der Waals surface area contributed by atoms with Crippen molar-refractivity contribution in [1.82, 2.24) is 5.32 Å². The number of carbonyl (C=O) groups is 1. The summed E-state index contributed by atoms with van der Waals surface area (Å²) in [4.78, 5) is 12.4. The molecule has 3 unspecified atom stereocenters. The van der Waals surface area contributed by atoms with Crippen LogP contribution < -0.4 is 20.1 Å². The van der Waals surface area contributed by atoms with Crippen molar-refractivity contribution < 1.29 is 19.4 Å². The number of amides is 1. The van der Waals surface area contributed by atoms with Gasteiger partial charge in [-0.2, -0.15) is 0 Å². The summed E-state index contributed by atoms with van der Waals surface area (Å²) in [6, 6.07) is 5.45. The third-order valence-electron chi connectivity index (χ3n) is 4.83. The van der Waals surface area contributed by atoms with E-state index in [0.717, 1.165) is 25.7 Å². The Balaban J connectivity index is 1.56. The summed E-state index contributed by atoms with van der Waals surface area (Å²) in [5.74, 6) is 1.77. The van der Waals surface area contributed by atoms with E-state index >= 15 is 0 Å². The van der Waals surface area contributed by atoms with Crippen LogP contribution in [0.5, 0.6) is 11.5 Å². The van der Waals surface area contributed by atoms with Gasteiger partial charge in [0.2, 0.25) is 5.91 Å². The van der Waals surface area contributed by atoms with Crippen LogP contribution in [0.3, 0.4) is 0 Å². The molecular formula is C18H26N2O4. The average Bonchev–Trinajstić information content (AvgIpc) is 3.02. The zero-order valence-corrected chi connectivity index (χ0v) is 14.1. The van der Waals surface area contributed by atoms with Crippen LogP contribution in [0.4, 0.5) is 5.69 Å². The monoisotopic (exact) mass is 334 g/mol. The predicted molar refractivity (Wildman–Crippen MR) is 91.5 cm³/mol. The SMILES string of the molecule is CC(NC1CCCC1CCO)C(=O)Nc1ccc2c(c1)OCCO2. The van der Waals surface area contributed by atoms with Crippen LogP contribution in [0.25, 0.3) is 0 Å². The van der Waals surface area contributed by atoms with E-state index in [-0.39, 0.29) is 18.6 Å². The van der Waals surface area contributed by atoms with Gasteiger partial charge in [0.15, 0.2) is 11.5 Å². The molecule has 1 aliphatic carbocycles. The topological polar surface area (TPSA) is 79.8 Å². The second-order valence-electron chi connectivity index (χ2n) is 6.55. The highest BCUT2D eigenvalue weighted by molar-refractivity contribution is 5.94. The fourth-order valence-electron chi connectivity index (χ4n) is 3.54. The van der Waals surface area contributed by atoms with E-state index in [0.29, 0.717) is 42.4 Å². The molecule has 1 aliphatic heterocycles. The van der Waals surface area contributed by atoms with Gasteiger partial charge in [0.05, 0.1) is 6.04 Å². The van der Waals surface area contributed by atoms with E-state index in [2.05, 4.69) is 10.6 Å². The first-order valence-electron chi connectivity index (χ1n) is 8.75. The largest absolute Gasteiger partial charge is 0.486 e. The van der Waals surface area contributed by atoms with Crippen molar-refractivity contribution in [1.29, 1.82) is 0 Å². The summed E-state index contributed by atoms with van der Waals surface area (Å²) in [5, 5.41) is 15.5. The van der Waals surface area contributed by atoms with Crippen LogP contribution in [0.1, 0.15) is 32.6 Å². The molecule has 1 saturated carbocycles. The molecule has 1 heterocycles. The number of hydrogen-bond acceptors (Lipinski definition) is 5. The minimum Gasteiger partial charge on any atom is -0.486 e. The Morgan fingerprint density at radius 1 is 1.29 bits per heavy atom. The number of ether oxygens (including phenoxy) is 2. The zero-order chi connectivity index (χ0) is 16.9. The maximum atomic E-state index is 12.4. The Hall–Kier alpha value is -1.79. The molecule has 132 valence electrons. The number of fused-ring (bicyclic) bond motifs is 1. The van der Waals surface area contributed by atoms with E-state index in [4.69, 9.17) is 14.6 Å². The van der Waals surface area contributed by atoms with E-state index in [1.165, 1.54) is 0 Å². The number of benzene rings is 1. The molecule has 6 nitrogen and oxygen atoms in total. The van der Waals surface area contributed by atoms with Crippen LogP contribution in [-0.2, 0) is 4.79 Å². The van der Waals surface area contributed by atoms with Gasteiger partial charge in [0.1, 0.15) is 13.2 Å². The molecule has 3 atom stereocenters. The molecule has 1 aromatic carbocycles. The number of nitrogens with one attached hydrogen (secondary N) is 2. The van der Waals surface area contributed by atoms with Gasteiger partial charge >= 0.3 is 0 Å². The van der Waals surface area contributed by atoms with Gasteiger partial charge in [0.25, 0.3) is 0 Å². The van der Waals surface area contributed by atoms with Crippen molar-refractivity contribution in [3.8, 4) is 11.5 Å². The van der Waals surface area contributed by atoms with Crippen LogP contribution in [0, 0.1) is 5.92 Å². The second kappa shape index (κ2) is 7.85.